The van der Waals surface area contributed by atoms with Crippen molar-refractivity contribution >= 4 is 53.2 Å². The van der Waals surface area contributed by atoms with Crippen molar-refractivity contribution in [3.05, 3.63) is 65.7 Å². The Morgan fingerprint density at radius 2 is 1.04 bits per heavy atom. The summed E-state index contributed by atoms with van der Waals surface area (Å²) in [4.78, 5) is 113. The van der Waals surface area contributed by atoms with Crippen LogP contribution in [0.25, 0.3) is 0 Å². The van der Waals surface area contributed by atoms with Crippen LogP contribution in [0.15, 0.2) is 59.6 Å². The largest absolute Gasteiger partial charge is 0.508 e. The summed E-state index contributed by atoms with van der Waals surface area (Å²) in [5, 5.41) is 29.0. The van der Waals surface area contributed by atoms with Crippen LogP contribution in [0.3, 0.4) is 0 Å². The SMILES string of the molecule is CC[C@H](C)[C@H](NC(=O)[C@H](Cc1ccccc1)NC(=O)[C@H](CCCN=C(N)N)NC(=O)[C@H](CCCCN)NC(=O)[C@H](Cc1ccc(O)cc1)NC(=O)[C@@H](NC(C)=O)C(C)C)C(=O)N[C@@H](CC(C)C)C(N)=O. The first-order chi connectivity index (χ1) is 33.1. The molecule has 21 nitrogen and oxygen atoms in total. The summed E-state index contributed by atoms with van der Waals surface area (Å²) in [7, 11) is 0. The quantitative estimate of drug-likeness (QED) is 0.0270. The topological polar surface area (TPSA) is 357 Å². The summed E-state index contributed by atoms with van der Waals surface area (Å²) in [6, 6.07) is 6.58. The van der Waals surface area contributed by atoms with E-state index in [1.54, 1.807) is 63.2 Å². The third-order valence-electron chi connectivity index (χ3n) is 11.6. The fourth-order valence-corrected chi connectivity index (χ4v) is 7.44. The Hall–Kier alpha value is -6.77. The highest BCUT2D eigenvalue weighted by Gasteiger charge is 2.35. The fourth-order valence-electron chi connectivity index (χ4n) is 7.44. The van der Waals surface area contributed by atoms with Gasteiger partial charge in [0.15, 0.2) is 5.96 Å². The minimum atomic E-state index is -1.32. The molecule has 2 aromatic rings. The van der Waals surface area contributed by atoms with E-state index >= 15 is 0 Å². The molecule has 2 aromatic carbocycles. The maximum absolute atomic E-state index is 14.5. The number of guanidine groups is 1. The van der Waals surface area contributed by atoms with Crippen molar-refractivity contribution in [1.82, 2.24) is 37.2 Å². The van der Waals surface area contributed by atoms with E-state index in [1.165, 1.54) is 19.1 Å². The lowest BCUT2D eigenvalue weighted by molar-refractivity contribution is -0.136. The number of phenols is 1. The first-order valence-electron chi connectivity index (χ1n) is 24.0. The Morgan fingerprint density at radius 3 is 1.53 bits per heavy atom. The molecule has 0 radical (unpaired) electrons. The predicted octanol–water partition coefficient (Wildman–Crippen LogP) is 0.00700. The standard InChI is InChI=1S/C49H78N12O9/c1-8-30(6)41(48(70)58-37(42(51)64)25-28(2)3)61-46(68)39(26-32-15-10-9-11-16-32)59-44(66)36(18-14-24-54-49(52)53)56-43(65)35(17-12-13-23-50)57-45(67)38(27-33-19-21-34(63)22-20-33)60-47(69)40(29(4)5)55-31(7)62/h9-11,15-16,19-22,28-30,35-41,63H,8,12-14,17-18,23-27,50H2,1-7H3,(H2,51,64)(H,55,62)(H,56,65)(H,57,67)(H,58,70)(H,59,66)(H,60,69)(H,61,68)(H4,52,53,54)/t30-,35-,36-,37-,38-,39-,40-,41-/m0/s1. The van der Waals surface area contributed by atoms with E-state index in [2.05, 4.69) is 42.2 Å². The second kappa shape index (κ2) is 30.7. The molecule has 0 heterocycles. The summed E-state index contributed by atoms with van der Waals surface area (Å²) >= 11 is 0. The van der Waals surface area contributed by atoms with Crippen LogP contribution < -0.4 is 60.2 Å². The summed E-state index contributed by atoms with van der Waals surface area (Å²) in [5.74, 6) is -6.40. The highest BCUT2D eigenvalue weighted by molar-refractivity contribution is 5.97. The van der Waals surface area contributed by atoms with Crippen LogP contribution in [0, 0.1) is 17.8 Å². The van der Waals surface area contributed by atoms with Crippen LogP contribution in [-0.2, 0) is 51.2 Å². The number of aromatic hydroxyl groups is 1. The smallest absolute Gasteiger partial charge is 0.243 e. The molecule has 0 spiro atoms. The predicted molar refractivity (Wildman–Crippen MR) is 267 cm³/mol. The Bertz CT molecular complexity index is 2050. The molecule has 21 heteroatoms. The molecule has 8 amide bonds. The molecule has 0 bridgehead atoms. The monoisotopic (exact) mass is 979 g/mol. The average Bonchev–Trinajstić information content (AvgIpc) is 3.29. The minimum Gasteiger partial charge on any atom is -0.508 e. The van der Waals surface area contributed by atoms with Gasteiger partial charge in [0.1, 0.15) is 48.0 Å². The molecule has 2 rings (SSSR count). The van der Waals surface area contributed by atoms with Crippen molar-refractivity contribution in [2.24, 2.45) is 45.7 Å². The van der Waals surface area contributed by atoms with Crippen molar-refractivity contribution in [3.63, 3.8) is 0 Å². The summed E-state index contributed by atoms with van der Waals surface area (Å²) < 4.78 is 0. The second-order valence-corrected chi connectivity index (χ2v) is 18.4. The highest BCUT2D eigenvalue weighted by Crippen LogP contribution is 2.15. The van der Waals surface area contributed by atoms with Gasteiger partial charge in [0.25, 0.3) is 0 Å². The van der Waals surface area contributed by atoms with Gasteiger partial charge in [-0.1, -0.05) is 90.4 Å². The third-order valence-corrected chi connectivity index (χ3v) is 11.6. The number of nitrogens with two attached hydrogens (primary N) is 4. The molecule has 0 aliphatic heterocycles. The zero-order valence-corrected chi connectivity index (χ0v) is 41.7. The van der Waals surface area contributed by atoms with E-state index in [1.807, 2.05) is 20.8 Å². The van der Waals surface area contributed by atoms with E-state index in [9.17, 15) is 43.5 Å². The third kappa shape index (κ3) is 21.7. The number of hydrogen-bond acceptors (Lipinski definition) is 11. The Kier molecular flexibility index (Phi) is 26.0. The number of amides is 8. The van der Waals surface area contributed by atoms with E-state index in [0.29, 0.717) is 30.4 Å². The van der Waals surface area contributed by atoms with Gasteiger partial charge in [-0.05, 0) is 86.1 Å². The Labute approximate surface area is 411 Å². The number of carbonyl (C=O) groups excluding carboxylic acids is 8. The molecule has 0 saturated carbocycles. The lowest BCUT2D eigenvalue weighted by Gasteiger charge is -2.29. The molecular formula is C49H78N12O9. The number of nitrogens with zero attached hydrogens (tertiary/aromatic N) is 1. The van der Waals surface area contributed by atoms with E-state index in [-0.39, 0.29) is 75.2 Å². The van der Waals surface area contributed by atoms with Gasteiger partial charge in [-0.15, -0.1) is 0 Å². The molecule has 388 valence electrons. The van der Waals surface area contributed by atoms with Gasteiger partial charge in [-0.25, -0.2) is 0 Å². The van der Waals surface area contributed by atoms with Crippen LogP contribution in [0.1, 0.15) is 105 Å². The molecule has 0 aliphatic rings. The molecular weight excluding hydrogens is 901 g/mol. The number of primary amides is 1. The second-order valence-electron chi connectivity index (χ2n) is 18.4. The number of nitrogens with one attached hydrogen (secondary N) is 7. The first-order valence-corrected chi connectivity index (χ1v) is 24.0. The summed E-state index contributed by atoms with van der Waals surface area (Å²) in [6.45, 7) is 12.4. The maximum atomic E-state index is 14.5. The van der Waals surface area contributed by atoms with Crippen LogP contribution >= 0.6 is 0 Å². The van der Waals surface area contributed by atoms with Gasteiger partial charge >= 0.3 is 0 Å². The van der Waals surface area contributed by atoms with Crippen molar-refractivity contribution in [2.45, 2.75) is 149 Å². The Balaban J connectivity index is 2.56. The van der Waals surface area contributed by atoms with E-state index < -0.39 is 95.5 Å². The molecule has 0 fully saturated rings. The number of rotatable bonds is 31. The lowest BCUT2D eigenvalue weighted by atomic mass is 9.96. The Morgan fingerprint density at radius 1 is 0.571 bits per heavy atom. The number of phenolic OH excluding ortho intramolecular Hbond substituents is 1. The minimum absolute atomic E-state index is 0.0187. The van der Waals surface area contributed by atoms with Crippen LogP contribution in [-0.4, -0.2) is 114 Å². The van der Waals surface area contributed by atoms with Crippen LogP contribution in [0.4, 0.5) is 0 Å². The van der Waals surface area contributed by atoms with Crippen LogP contribution in [0.2, 0.25) is 0 Å². The van der Waals surface area contributed by atoms with E-state index in [4.69, 9.17) is 22.9 Å². The summed E-state index contributed by atoms with van der Waals surface area (Å²) in [6.07, 6.45) is 1.75. The molecule has 0 saturated heterocycles. The molecule has 0 aliphatic carbocycles. The normalized spacial score (nSPS) is 14.5. The average molecular weight is 979 g/mol. The number of benzene rings is 2. The fraction of sp³-hybridized carbons (Fsp3) is 0.571. The van der Waals surface area contributed by atoms with Crippen molar-refractivity contribution in [2.75, 3.05) is 13.1 Å². The van der Waals surface area contributed by atoms with Gasteiger partial charge in [0.2, 0.25) is 47.3 Å². The first kappa shape index (κ1) is 59.4. The van der Waals surface area contributed by atoms with Crippen molar-refractivity contribution in [3.8, 4) is 5.75 Å². The van der Waals surface area contributed by atoms with Crippen LogP contribution in [0.5, 0.6) is 5.75 Å². The molecule has 0 unspecified atom stereocenters. The number of aliphatic imine (C=N–C) groups is 1. The molecule has 70 heavy (non-hydrogen) atoms. The number of unbranched alkanes of at least 4 members (excludes halogenated alkanes) is 1. The molecule has 16 N–H and O–H groups in total. The molecule has 8 atom stereocenters. The number of carbonyl (C=O) groups is 8. The van der Waals surface area contributed by atoms with Crippen molar-refractivity contribution < 1.29 is 43.5 Å². The highest BCUT2D eigenvalue weighted by atomic mass is 16.3. The zero-order valence-electron chi connectivity index (χ0n) is 41.7. The van der Waals surface area contributed by atoms with Gasteiger partial charge in [0, 0.05) is 26.3 Å². The lowest BCUT2D eigenvalue weighted by Crippen LogP contribution is -2.61. The van der Waals surface area contributed by atoms with E-state index in [0.717, 1.165) is 0 Å². The zero-order chi connectivity index (χ0) is 52.5. The maximum Gasteiger partial charge on any atom is 0.243 e. The van der Waals surface area contributed by atoms with Gasteiger partial charge < -0.3 is 65.3 Å². The molecule has 0 aromatic heterocycles. The summed E-state index contributed by atoms with van der Waals surface area (Å²) in [5.41, 5.74) is 23.8. The van der Waals surface area contributed by atoms with Crippen molar-refractivity contribution in [1.29, 1.82) is 0 Å². The van der Waals surface area contributed by atoms with Gasteiger partial charge in [-0.2, -0.15) is 0 Å². The van der Waals surface area contributed by atoms with Gasteiger partial charge in [-0.3, -0.25) is 43.3 Å². The van der Waals surface area contributed by atoms with Gasteiger partial charge in [0.05, 0.1) is 0 Å². The number of hydrogen-bond donors (Lipinski definition) is 12.